The minimum atomic E-state index is -1.06. The van der Waals surface area contributed by atoms with Crippen molar-refractivity contribution in [1.29, 1.82) is 0 Å². The zero-order valence-electron chi connectivity index (χ0n) is 12.3. The molecule has 0 amide bonds. The molecule has 0 aliphatic carbocycles. The van der Waals surface area contributed by atoms with Crippen molar-refractivity contribution in [3.8, 4) is 0 Å². The molecule has 6 heteroatoms. The van der Waals surface area contributed by atoms with Crippen LogP contribution in [-0.2, 0) is 9.47 Å². The molecule has 0 saturated heterocycles. The van der Waals surface area contributed by atoms with Crippen molar-refractivity contribution < 1.29 is 29.9 Å². The molecule has 20 heavy (non-hydrogen) atoms. The van der Waals surface area contributed by atoms with Gasteiger partial charge in [-0.3, -0.25) is 0 Å². The molecule has 0 rings (SSSR count). The summed E-state index contributed by atoms with van der Waals surface area (Å²) in [5.41, 5.74) is -1.59. The Hall–Kier alpha value is -0.500. The predicted molar refractivity (Wildman–Crippen MR) is 75.3 cm³/mol. The van der Waals surface area contributed by atoms with Crippen molar-refractivity contribution in [3.05, 3.63) is 12.7 Å². The van der Waals surface area contributed by atoms with Crippen molar-refractivity contribution >= 4 is 0 Å². The van der Waals surface area contributed by atoms with Gasteiger partial charge in [-0.15, -0.1) is 6.58 Å². The van der Waals surface area contributed by atoms with E-state index in [9.17, 15) is 20.4 Å². The lowest BCUT2D eigenvalue weighted by Crippen LogP contribution is -2.42. The Morgan fingerprint density at radius 1 is 0.850 bits per heavy atom. The molecule has 0 aromatic rings. The Morgan fingerprint density at radius 2 is 1.30 bits per heavy atom. The average molecular weight is 292 g/mol. The first-order valence-electron chi connectivity index (χ1n) is 6.77. The first kappa shape index (κ1) is 19.5. The van der Waals surface area contributed by atoms with Gasteiger partial charge in [0, 0.05) is 5.41 Å². The van der Waals surface area contributed by atoms with E-state index in [4.69, 9.17) is 9.47 Å². The molecule has 1 atom stereocenters. The van der Waals surface area contributed by atoms with E-state index >= 15 is 0 Å². The molecule has 4 N–H and O–H groups in total. The molecular weight excluding hydrogens is 264 g/mol. The summed E-state index contributed by atoms with van der Waals surface area (Å²) >= 11 is 0. The summed E-state index contributed by atoms with van der Waals surface area (Å²) in [6.45, 7) is 5.24. The minimum Gasteiger partial charge on any atom is -0.396 e. The van der Waals surface area contributed by atoms with Gasteiger partial charge in [0.2, 0.25) is 0 Å². The van der Waals surface area contributed by atoms with Gasteiger partial charge in [0.05, 0.1) is 58.3 Å². The van der Waals surface area contributed by atoms with Crippen molar-refractivity contribution in [2.24, 2.45) is 10.8 Å². The average Bonchev–Trinajstić information content (AvgIpc) is 2.51. The number of rotatable bonds is 13. The van der Waals surface area contributed by atoms with Crippen LogP contribution < -0.4 is 0 Å². The van der Waals surface area contributed by atoms with Gasteiger partial charge in [-0.25, -0.2) is 0 Å². The van der Waals surface area contributed by atoms with Crippen LogP contribution in [0.5, 0.6) is 0 Å². The second-order valence-corrected chi connectivity index (χ2v) is 5.28. The quantitative estimate of drug-likeness (QED) is 0.271. The normalized spacial score (nSPS) is 15.1. The van der Waals surface area contributed by atoms with E-state index in [1.54, 1.807) is 6.08 Å². The largest absolute Gasteiger partial charge is 0.396 e. The molecule has 1 unspecified atom stereocenters. The SMILES string of the molecule is C=CCOCC(CC)(CO)COCC(CO)(CO)CO. The van der Waals surface area contributed by atoms with Crippen LogP contribution in [0.25, 0.3) is 0 Å². The predicted octanol–water partition coefficient (Wildman–Crippen LogP) is -0.442. The molecule has 0 heterocycles. The number of aliphatic hydroxyl groups excluding tert-OH is 4. The maximum Gasteiger partial charge on any atom is 0.0645 e. The van der Waals surface area contributed by atoms with E-state index < -0.39 is 10.8 Å². The third-order valence-corrected chi connectivity index (χ3v) is 3.55. The van der Waals surface area contributed by atoms with Gasteiger partial charge in [0.15, 0.2) is 0 Å². The Kier molecular flexibility index (Phi) is 10.0. The summed E-state index contributed by atoms with van der Waals surface area (Å²) in [6.07, 6.45) is 2.29. The second kappa shape index (κ2) is 10.3. The fourth-order valence-corrected chi connectivity index (χ4v) is 1.58. The highest BCUT2D eigenvalue weighted by Gasteiger charge is 2.32. The van der Waals surface area contributed by atoms with Crippen molar-refractivity contribution in [3.63, 3.8) is 0 Å². The molecule has 6 nitrogen and oxygen atoms in total. The summed E-state index contributed by atoms with van der Waals surface area (Å²) in [5, 5.41) is 37.2. The lowest BCUT2D eigenvalue weighted by atomic mass is 9.87. The van der Waals surface area contributed by atoms with E-state index in [0.29, 0.717) is 19.6 Å². The summed E-state index contributed by atoms with van der Waals surface area (Å²) in [7, 11) is 0. The third kappa shape index (κ3) is 5.87. The second-order valence-electron chi connectivity index (χ2n) is 5.28. The van der Waals surface area contributed by atoms with Crippen molar-refractivity contribution in [2.45, 2.75) is 13.3 Å². The molecule has 0 aromatic heterocycles. The monoisotopic (exact) mass is 292 g/mol. The van der Waals surface area contributed by atoms with Crippen LogP contribution in [-0.4, -0.2) is 73.3 Å². The van der Waals surface area contributed by atoms with E-state index in [0.717, 1.165) is 0 Å². The first-order chi connectivity index (χ1) is 9.57. The zero-order chi connectivity index (χ0) is 15.5. The Morgan fingerprint density at radius 3 is 1.70 bits per heavy atom. The molecule has 0 aliphatic heterocycles. The summed E-state index contributed by atoms with van der Waals surface area (Å²) < 4.78 is 10.9. The number of aliphatic hydroxyl groups is 4. The van der Waals surface area contributed by atoms with Gasteiger partial charge in [0.1, 0.15) is 0 Å². The molecule has 0 aromatic carbocycles. The highest BCUT2D eigenvalue weighted by molar-refractivity contribution is 4.80. The zero-order valence-corrected chi connectivity index (χ0v) is 12.3. The van der Waals surface area contributed by atoms with Crippen molar-refractivity contribution in [2.75, 3.05) is 52.9 Å². The topological polar surface area (TPSA) is 99.4 Å². The van der Waals surface area contributed by atoms with E-state index in [1.807, 2.05) is 6.92 Å². The van der Waals surface area contributed by atoms with Gasteiger partial charge < -0.3 is 29.9 Å². The van der Waals surface area contributed by atoms with Crippen LogP contribution >= 0.6 is 0 Å². The van der Waals surface area contributed by atoms with Gasteiger partial charge in [-0.2, -0.15) is 0 Å². The van der Waals surface area contributed by atoms with Gasteiger partial charge in [-0.05, 0) is 6.42 Å². The molecule has 0 fully saturated rings. The Balaban J connectivity index is 4.42. The molecule has 120 valence electrons. The lowest BCUT2D eigenvalue weighted by molar-refractivity contribution is -0.0977. The summed E-state index contributed by atoms with van der Waals surface area (Å²) in [5.74, 6) is 0. The molecule has 0 saturated carbocycles. The van der Waals surface area contributed by atoms with E-state index in [1.165, 1.54) is 0 Å². The van der Waals surface area contributed by atoms with E-state index in [2.05, 4.69) is 6.58 Å². The Bertz CT molecular complexity index is 240. The van der Waals surface area contributed by atoms with Crippen LogP contribution in [0.1, 0.15) is 13.3 Å². The molecule has 0 spiro atoms. The van der Waals surface area contributed by atoms with Gasteiger partial charge >= 0.3 is 0 Å². The first-order valence-corrected chi connectivity index (χ1v) is 6.77. The van der Waals surface area contributed by atoms with E-state index in [-0.39, 0.29) is 39.6 Å². The third-order valence-electron chi connectivity index (χ3n) is 3.55. The van der Waals surface area contributed by atoms with Crippen LogP contribution in [0.4, 0.5) is 0 Å². The van der Waals surface area contributed by atoms with Crippen LogP contribution in [0.2, 0.25) is 0 Å². The fraction of sp³-hybridized carbons (Fsp3) is 0.857. The number of hydrogen-bond donors (Lipinski definition) is 4. The van der Waals surface area contributed by atoms with Crippen LogP contribution in [0.15, 0.2) is 12.7 Å². The maximum absolute atomic E-state index is 9.54. The smallest absolute Gasteiger partial charge is 0.0645 e. The summed E-state index contributed by atoms with van der Waals surface area (Å²) in [6, 6.07) is 0. The number of ether oxygens (including phenoxy) is 2. The molecular formula is C14H28O6. The molecule has 0 bridgehead atoms. The maximum atomic E-state index is 9.54. The van der Waals surface area contributed by atoms with Gasteiger partial charge in [0.25, 0.3) is 0 Å². The van der Waals surface area contributed by atoms with Gasteiger partial charge in [-0.1, -0.05) is 13.0 Å². The highest BCUT2D eigenvalue weighted by Crippen LogP contribution is 2.24. The number of hydrogen-bond acceptors (Lipinski definition) is 6. The summed E-state index contributed by atoms with van der Waals surface area (Å²) in [4.78, 5) is 0. The minimum absolute atomic E-state index is 0.0136. The van der Waals surface area contributed by atoms with Crippen LogP contribution in [0.3, 0.4) is 0 Å². The Labute approximate surface area is 120 Å². The lowest BCUT2D eigenvalue weighted by Gasteiger charge is -2.33. The standard InChI is InChI=1S/C14H28O6/c1-3-5-19-10-13(4-2,6-15)11-20-12-14(7-16,8-17)9-18/h3,15-18H,1,4-12H2,2H3. The van der Waals surface area contributed by atoms with Crippen molar-refractivity contribution in [1.82, 2.24) is 0 Å². The molecule has 0 radical (unpaired) electrons. The molecule has 0 aliphatic rings. The van der Waals surface area contributed by atoms with Crippen LogP contribution in [0, 0.1) is 10.8 Å². The fourth-order valence-electron chi connectivity index (χ4n) is 1.58. The highest BCUT2D eigenvalue weighted by atomic mass is 16.5.